The average molecular weight is 437 g/mol. The van der Waals surface area contributed by atoms with Crippen LogP contribution in [0, 0.1) is 6.92 Å². The van der Waals surface area contributed by atoms with Gasteiger partial charge >= 0.3 is 5.91 Å². The van der Waals surface area contributed by atoms with Crippen molar-refractivity contribution in [2.24, 2.45) is 5.10 Å². The summed E-state index contributed by atoms with van der Waals surface area (Å²) in [6.07, 6.45) is 7.05. The number of benzene rings is 2. The van der Waals surface area contributed by atoms with Crippen LogP contribution in [0.25, 0.3) is 0 Å². The molecular formula is C28H26N3O2+. The molecule has 164 valence electrons. The lowest BCUT2D eigenvalue weighted by Gasteiger charge is -2.18. The summed E-state index contributed by atoms with van der Waals surface area (Å²) in [5, 5.41) is 6.30. The van der Waals surface area contributed by atoms with Gasteiger partial charge in [-0.05, 0) is 42.2 Å². The molecule has 1 aliphatic rings. The molecule has 0 saturated carbocycles. The Bertz CT molecular complexity index is 1250. The molecule has 5 nitrogen and oxygen atoms in total. The van der Waals surface area contributed by atoms with E-state index in [0.717, 1.165) is 23.5 Å². The highest BCUT2D eigenvalue weighted by molar-refractivity contribution is 6.03. The summed E-state index contributed by atoms with van der Waals surface area (Å²) >= 11 is 0. The Morgan fingerprint density at radius 2 is 1.70 bits per heavy atom. The summed E-state index contributed by atoms with van der Waals surface area (Å²) < 4.78 is 7.55. The number of pyridine rings is 1. The summed E-state index contributed by atoms with van der Waals surface area (Å²) in [5.74, 6) is 0.678. The molecular weight excluding hydrogens is 410 g/mol. The molecule has 5 rings (SSSR count). The van der Waals surface area contributed by atoms with Crippen molar-refractivity contribution < 1.29 is 13.8 Å². The van der Waals surface area contributed by atoms with Crippen LogP contribution < -0.4 is 4.57 Å². The van der Waals surface area contributed by atoms with Gasteiger partial charge in [0, 0.05) is 18.6 Å². The lowest BCUT2D eigenvalue weighted by molar-refractivity contribution is -0.685. The number of aryl methyl sites for hydroxylation is 1. The molecule has 0 aliphatic carbocycles. The summed E-state index contributed by atoms with van der Waals surface area (Å²) in [6.45, 7) is 2.28. The van der Waals surface area contributed by atoms with E-state index in [0.29, 0.717) is 6.42 Å². The highest BCUT2D eigenvalue weighted by Gasteiger charge is 2.36. The molecule has 1 atom stereocenters. The zero-order valence-corrected chi connectivity index (χ0v) is 18.6. The van der Waals surface area contributed by atoms with Gasteiger partial charge < -0.3 is 4.42 Å². The number of aromatic nitrogens is 1. The summed E-state index contributed by atoms with van der Waals surface area (Å²) in [5.41, 5.74) is 5.60. The van der Waals surface area contributed by atoms with Crippen molar-refractivity contribution in [3.05, 3.63) is 126 Å². The number of carbonyl (C=O) groups excluding carboxylic acids is 1. The van der Waals surface area contributed by atoms with Gasteiger partial charge in [-0.3, -0.25) is 4.79 Å². The third-order valence-corrected chi connectivity index (χ3v) is 5.95. The van der Waals surface area contributed by atoms with E-state index in [2.05, 4.69) is 55.5 Å². The Kier molecular flexibility index (Phi) is 5.85. The number of rotatable bonds is 6. The van der Waals surface area contributed by atoms with Gasteiger partial charge in [-0.2, -0.15) is 9.67 Å². The number of amides is 1. The maximum Gasteiger partial charge on any atom is 0.309 e. The van der Waals surface area contributed by atoms with E-state index >= 15 is 0 Å². The van der Waals surface area contributed by atoms with Crippen molar-refractivity contribution in [2.45, 2.75) is 32.4 Å². The zero-order chi connectivity index (χ0) is 22.6. The lowest BCUT2D eigenvalue weighted by atomic mass is 10.0. The van der Waals surface area contributed by atoms with Crippen LogP contribution in [0.1, 0.15) is 40.5 Å². The number of hydrogen-bond acceptors (Lipinski definition) is 3. The topological polar surface area (TPSA) is 49.7 Å². The SMILES string of the molecule is Cc1ccc(C2=NN(C(=O)C[n+]3ccc(Cc4ccccc4)cc3)[C@@H](c3ccco3)C2)cc1. The normalized spacial score (nSPS) is 15.5. The average Bonchev–Trinajstić information content (AvgIpc) is 3.52. The molecule has 33 heavy (non-hydrogen) atoms. The number of hydrogen-bond donors (Lipinski definition) is 0. The first-order valence-electron chi connectivity index (χ1n) is 11.2. The van der Waals surface area contributed by atoms with Gasteiger partial charge in [0.05, 0.1) is 12.0 Å². The highest BCUT2D eigenvalue weighted by Crippen LogP contribution is 2.33. The standard InChI is InChI=1S/C28H26N3O2/c1-21-9-11-24(12-10-21)25-19-26(27-8-5-17-33-27)31(29-25)28(32)20-30-15-13-23(14-16-30)18-22-6-3-2-4-7-22/h2-17,26H,18-20H2,1H3/q+1/t26-/m1/s1. The number of carbonyl (C=O) groups is 1. The van der Waals surface area contributed by atoms with Crippen molar-refractivity contribution >= 4 is 11.6 Å². The van der Waals surface area contributed by atoms with E-state index in [-0.39, 0.29) is 18.5 Å². The molecule has 4 aromatic rings. The molecule has 0 saturated heterocycles. The van der Waals surface area contributed by atoms with Gasteiger partial charge in [0.2, 0.25) is 6.54 Å². The molecule has 2 aromatic carbocycles. The van der Waals surface area contributed by atoms with Gasteiger partial charge in [0.15, 0.2) is 12.4 Å². The summed E-state index contributed by atoms with van der Waals surface area (Å²) in [6, 6.07) is 26.3. The third kappa shape index (κ3) is 4.77. The van der Waals surface area contributed by atoms with Crippen LogP contribution in [0.5, 0.6) is 0 Å². The van der Waals surface area contributed by atoms with E-state index in [9.17, 15) is 4.79 Å². The summed E-state index contributed by atoms with van der Waals surface area (Å²) in [4.78, 5) is 13.3. The molecule has 2 aromatic heterocycles. The van der Waals surface area contributed by atoms with Crippen LogP contribution in [-0.2, 0) is 17.8 Å². The van der Waals surface area contributed by atoms with Crippen LogP contribution >= 0.6 is 0 Å². The van der Waals surface area contributed by atoms with E-state index < -0.39 is 0 Å². The molecule has 0 N–H and O–H groups in total. The number of nitrogens with zero attached hydrogens (tertiary/aromatic N) is 3. The van der Waals surface area contributed by atoms with Crippen molar-refractivity contribution in [1.82, 2.24) is 5.01 Å². The van der Waals surface area contributed by atoms with Gasteiger partial charge in [0.1, 0.15) is 11.8 Å². The van der Waals surface area contributed by atoms with E-state index in [1.165, 1.54) is 16.7 Å². The zero-order valence-electron chi connectivity index (χ0n) is 18.6. The van der Waals surface area contributed by atoms with E-state index in [4.69, 9.17) is 9.52 Å². The van der Waals surface area contributed by atoms with Crippen LogP contribution in [0.15, 0.2) is 107 Å². The van der Waals surface area contributed by atoms with Crippen LogP contribution in [0.4, 0.5) is 0 Å². The highest BCUT2D eigenvalue weighted by atomic mass is 16.3. The minimum atomic E-state index is -0.234. The second-order valence-electron chi connectivity index (χ2n) is 8.43. The fourth-order valence-corrected chi connectivity index (χ4v) is 4.13. The number of hydrazone groups is 1. The van der Waals surface area contributed by atoms with Gasteiger partial charge in [-0.1, -0.05) is 60.2 Å². The van der Waals surface area contributed by atoms with Crippen molar-refractivity contribution in [2.75, 3.05) is 0 Å². The Labute approximate surface area is 193 Å². The maximum atomic E-state index is 13.3. The Hall–Kier alpha value is -3.99. The third-order valence-electron chi connectivity index (χ3n) is 5.95. The molecule has 1 amide bonds. The van der Waals surface area contributed by atoms with Crippen molar-refractivity contribution in [1.29, 1.82) is 0 Å². The Morgan fingerprint density at radius 1 is 0.970 bits per heavy atom. The summed E-state index contributed by atoms with van der Waals surface area (Å²) in [7, 11) is 0. The van der Waals surface area contributed by atoms with Crippen LogP contribution in [0.2, 0.25) is 0 Å². The number of furan rings is 1. The first-order chi connectivity index (χ1) is 16.2. The van der Waals surface area contributed by atoms with Crippen LogP contribution in [-0.4, -0.2) is 16.6 Å². The van der Waals surface area contributed by atoms with E-state index in [1.807, 2.05) is 47.3 Å². The maximum absolute atomic E-state index is 13.3. The second kappa shape index (κ2) is 9.25. The minimum absolute atomic E-state index is 0.0701. The minimum Gasteiger partial charge on any atom is -0.467 e. The first-order valence-corrected chi connectivity index (χ1v) is 11.2. The lowest BCUT2D eigenvalue weighted by Crippen LogP contribution is -2.42. The molecule has 1 aliphatic heterocycles. The Morgan fingerprint density at radius 3 is 2.39 bits per heavy atom. The van der Waals surface area contributed by atoms with Crippen molar-refractivity contribution in [3.8, 4) is 0 Å². The molecule has 0 radical (unpaired) electrons. The predicted octanol–water partition coefficient (Wildman–Crippen LogP) is 4.84. The van der Waals surface area contributed by atoms with Crippen LogP contribution in [0.3, 0.4) is 0 Å². The molecule has 0 spiro atoms. The smallest absolute Gasteiger partial charge is 0.309 e. The molecule has 0 unspecified atom stereocenters. The molecule has 3 heterocycles. The fraction of sp³-hybridized carbons (Fsp3) is 0.179. The Balaban J connectivity index is 1.33. The molecule has 5 heteroatoms. The molecule has 0 bridgehead atoms. The molecule has 0 fully saturated rings. The van der Waals surface area contributed by atoms with Gasteiger partial charge in [-0.15, -0.1) is 0 Å². The fourth-order valence-electron chi connectivity index (χ4n) is 4.13. The van der Waals surface area contributed by atoms with Gasteiger partial charge in [-0.25, -0.2) is 5.01 Å². The first kappa shape index (κ1) is 20.9. The predicted molar refractivity (Wildman–Crippen MR) is 127 cm³/mol. The van der Waals surface area contributed by atoms with E-state index in [1.54, 1.807) is 11.3 Å². The second-order valence-corrected chi connectivity index (χ2v) is 8.43. The quantitative estimate of drug-likeness (QED) is 0.406. The van der Waals surface area contributed by atoms with Crippen molar-refractivity contribution in [3.63, 3.8) is 0 Å². The largest absolute Gasteiger partial charge is 0.467 e. The monoisotopic (exact) mass is 436 g/mol. The van der Waals surface area contributed by atoms with Gasteiger partial charge in [0.25, 0.3) is 0 Å².